The van der Waals surface area contributed by atoms with Gasteiger partial charge in [0.05, 0.1) is 0 Å². The molecule has 64 valence electrons. The summed E-state index contributed by atoms with van der Waals surface area (Å²) in [6.45, 7) is 1.91. The Hall–Kier alpha value is -0.540. The number of allylic oxidation sites excluding steroid dienone is 1. The maximum Gasteiger partial charge on any atom is 0.336 e. The van der Waals surface area contributed by atoms with E-state index in [2.05, 4.69) is 4.74 Å². The van der Waals surface area contributed by atoms with Crippen LogP contribution in [-0.4, -0.2) is 23.2 Å². The molecule has 1 unspecified atom stereocenters. The number of alkyl halides is 1. The van der Waals surface area contributed by atoms with Crippen LogP contribution in [0.4, 0.5) is 0 Å². The Morgan fingerprint density at radius 3 is 2.82 bits per heavy atom. The van der Waals surface area contributed by atoms with Gasteiger partial charge in [0.25, 0.3) is 0 Å². The van der Waals surface area contributed by atoms with Crippen molar-refractivity contribution in [2.45, 2.75) is 19.4 Å². The van der Waals surface area contributed by atoms with E-state index in [9.17, 15) is 4.79 Å². The summed E-state index contributed by atoms with van der Waals surface area (Å²) in [5.74, 6) is -1.02. The van der Waals surface area contributed by atoms with Crippen molar-refractivity contribution in [3.63, 3.8) is 0 Å². The lowest BCUT2D eigenvalue weighted by atomic mass is 10.3. The predicted octanol–water partition coefficient (Wildman–Crippen LogP) is 1.62. The minimum Gasteiger partial charge on any atom is -0.479 e. The van der Waals surface area contributed by atoms with Crippen molar-refractivity contribution in [3.05, 3.63) is 12.2 Å². The molecular formula is C7H11ClO3. The summed E-state index contributed by atoms with van der Waals surface area (Å²) in [7, 11) is 0. The molecule has 0 aromatic rings. The number of halogens is 1. The Morgan fingerprint density at radius 2 is 2.45 bits per heavy atom. The van der Waals surface area contributed by atoms with E-state index in [4.69, 9.17) is 16.7 Å². The Morgan fingerprint density at radius 1 is 1.82 bits per heavy atom. The van der Waals surface area contributed by atoms with Gasteiger partial charge in [-0.3, -0.25) is 0 Å². The number of hydrogen-bond donors (Lipinski definition) is 1. The fourth-order valence-electron chi connectivity index (χ4n) is 0.537. The smallest absolute Gasteiger partial charge is 0.336 e. The van der Waals surface area contributed by atoms with Crippen LogP contribution in [0.3, 0.4) is 0 Å². The Balaban J connectivity index is 3.88. The molecule has 0 aliphatic carbocycles. The van der Waals surface area contributed by atoms with Gasteiger partial charge in [-0.2, -0.15) is 0 Å². The molecule has 3 nitrogen and oxygen atoms in total. The van der Waals surface area contributed by atoms with Crippen molar-refractivity contribution in [1.82, 2.24) is 0 Å². The minimum absolute atomic E-state index is 0.106. The maximum absolute atomic E-state index is 10.4. The zero-order valence-corrected chi connectivity index (χ0v) is 7.04. The van der Waals surface area contributed by atoms with Gasteiger partial charge in [-0.15, -0.1) is 0 Å². The first kappa shape index (κ1) is 10.5. The third kappa shape index (κ3) is 4.81. The SMILES string of the molecule is CCC=CC(OCCl)C(=O)O. The van der Waals surface area contributed by atoms with Gasteiger partial charge in [0.2, 0.25) is 0 Å². The third-order valence-electron chi connectivity index (χ3n) is 1.03. The number of carbonyl (C=O) groups is 1. The van der Waals surface area contributed by atoms with E-state index in [1.54, 1.807) is 6.08 Å². The lowest BCUT2D eigenvalue weighted by Gasteiger charge is -2.04. The van der Waals surface area contributed by atoms with Crippen molar-refractivity contribution < 1.29 is 14.6 Å². The standard InChI is InChI=1S/C7H11ClO3/c1-2-3-4-6(7(9)10)11-5-8/h3-4,6H,2,5H2,1H3,(H,9,10). The van der Waals surface area contributed by atoms with E-state index in [0.717, 1.165) is 6.42 Å². The van der Waals surface area contributed by atoms with Gasteiger partial charge in [-0.05, 0) is 12.5 Å². The first-order valence-electron chi connectivity index (χ1n) is 3.29. The molecule has 0 saturated carbocycles. The van der Waals surface area contributed by atoms with Gasteiger partial charge < -0.3 is 9.84 Å². The average Bonchev–Trinajstić information content (AvgIpc) is 1.97. The summed E-state index contributed by atoms with van der Waals surface area (Å²) in [6, 6.07) is -0.106. The van der Waals surface area contributed by atoms with Gasteiger partial charge in [0.15, 0.2) is 6.10 Å². The molecular weight excluding hydrogens is 168 g/mol. The molecule has 0 aromatic heterocycles. The summed E-state index contributed by atoms with van der Waals surface area (Å²) >= 11 is 5.20. The monoisotopic (exact) mass is 178 g/mol. The Kier molecular flexibility index (Phi) is 5.88. The van der Waals surface area contributed by atoms with Gasteiger partial charge in [-0.25, -0.2) is 4.79 Å². The molecule has 0 fully saturated rings. The van der Waals surface area contributed by atoms with Crippen LogP contribution in [0, 0.1) is 0 Å². The fraction of sp³-hybridized carbons (Fsp3) is 0.571. The largest absolute Gasteiger partial charge is 0.479 e. The van der Waals surface area contributed by atoms with Crippen LogP contribution in [0.25, 0.3) is 0 Å². The fourth-order valence-corrected chi connectivity index (χ4v) is 0.672. The molecule has 0 heterocycles. The van der Waals surface area contributed by atoms with Crippen molar-refractivity contribution in [1.29, 1.82) is 0 Å². The minimum atomic E-state index is -1.02. The van der Waals surface area contributed by atoms with Gasteiger partial charge in [-0.1, -0.05) is 24.6 Å². The van der Waals surface area contributed by atoms with Crippen molar-refractivity contribution in [2.75, 3.05) is 6.07 Å². The number of carboxylic acids is 1. The molecule has 0 aliphatic rings. The highest BCUT2D eigenvalue weighted by Crippen LogP contribution is 1.97. The van der Waals surface area contributed by atoms with E-state index in [1.807, 2.05) is 6.92 Å². The number of rotatable bonds is 5. The van der Waals surface area contributed by atoms with E-state index >= 15 is 0 Å². The number of carboxylic acid groups (broad SMARTS) is 1. The lowest BCUT2D eigenvalue weighted by molar-refractivity contribution is -0.146. The predicted molar refractivity (Wildman–Crippen MR) is 42.7 cm³/mol. The van der Waals surface area contributed by atoms with Crippen LogP contribution in [0.15, 0.2) is 12.2 Å². The quantitative estimate of drug-likeness (QED) is 0.514. The van der Waals surface area contributed by atoms with E-state index in [-0.39, 0.29) is 6.07 Å². The van der Waals surface area contributed by atoms with E-state index in [0.29, 0.717) is 0 Å². The zero-order valence-electron chi connectivity index (χ0n) is 6.29. The van der Waals surface area contributed by atoms with Crippen LogP contribution in [0.5, 0.6) is 0 Å². The summed E-state index contributed by atoms with van der Waals surface area (Å²) in [6.07, 6.45) is 3.08. The number of aliphatic carboxylic acids is 1. The molecule has 0 aromatic carbocycles. The normalized spacial score (nSPS) is 13.6. The van der Waals surface area contributed by atoms with Crippen molar-refractivity contribution in [2.24, 2.45) is 0 Å². The average molecular weight is 179 g/mol. The van der Waals surface area contributed by atoms with Crippen LogP contribution >= 0.6 is 11.6 Å². The Bertz CT molecular complexity index is 145. The molecule has 0 bridgehead atoms. The van der Waals surface area contributed by atoms with Crippen molar-refractivity contribution in [3.8, 4) is 0 Å². The maximum atomic E-state index is 10.4. The summed E-state index contributed by atoms with van der Waals surface area (Å²) in [5.41, 5.74) is 0. The number of hydrogen-bond acceptors (Lipinski definition) is 2. The molecule has 11 heavy (non-hydrogen) atoms. The molecule has 1 atom stereocenters. The molecule has 1 N–H and O–H groups in total. The first-order chi connectivity index (χ1) is 5.22. The second-order valence-corrected chi connectivity index (χ2v) is 2.09. The van der Waals surface area contributed by atoms with Crippen LogP contribution in [0.2, 0.25) is 0 Å². The third-order valence-corrected chi connectivity index (χ3v) is 1.16. The van der Waals surface area contributed by atoms with Crippen LogP contribution < -0.4 is 0 Å². The van der Waals surface area contributed by atoms with E-state index < -0.39 is 12.1 Å². The van der Waals surface area contributed by atoms with Gasteiger partial charge in [0, 0.05) is 0 Å². The van der Waals surface area contributed by atoms with Gasteiger partial charge >= 0.3 is 5.97 Å². The second-order valence-electron chi connectivity index (χ2n) is 1.87. The summed E-state index contributed by atoms with van der Waals surface area (Å²) in [5, 5.41) is 8.50. The van der Waals surface area contributed by atoms with Crippen molar-refractivity contribution >= 4 is 17.6 Å². The lowest BCUT2D eigenvalue weighted by Crippen LogP contribution is -2.20. The topological polar surface area (TPSA) is 46.5 Å². The van der Waals surface area contributed by atoms with Crippen LogP contribution in [0.1, 0.15) is 13.3 Å². The highest BCUT2D eigenvalue weighted by Gasteiger charge is 2.12. The van der Waals surface area contributed by atoms with Gasteiger partial charge in [0.1, 0.15) is 6.07 Å². The molecule has 0 aliphatic heterocycles. The zero-order chi connectivity index (χ0) is 8.69. The van der Waals surface area contributed by atoms with Crippen LogP contribution in [-0.2, 0) is 9.53 Å². The highest BCUT2D eigenvalue weighted by atomic mass is 35.5. The second kappa shape index (κ2) is 6.19. The molecule has 4 heteroatoms. The molecule has 0 rings (SSSR count). The number of ether oxygens (including phenoxy) is 1. The molecule has 0 saturated heterocycles. The van der Waals surface area contributed by atoms with E-state index in [1.165, 1.54) is 6.08 Å². The molecule has 0 radical (unpaired) electrons. The molecule has 0 amide bonds. The molecule has 0 spiro atoms. The summed E-state index contributed by atoms with van der Waals surface area (Å²) < 4.78 is 4.68. The first-order valence-corrected chi connectivity index (χ1v) is 3.82. The Labute approximate surface area is 70.6 Å². The highest BCUT2D eigenvalue weighted by molar-refractivity contribution is 6.17. The summed E-state index contributed by atoms with van der Waals surface area (Å²) in [4.78, 5) is 10.4.